The molecular formula is C16H18BrNO3. The van der Waals surface area contributed by atoms with Gasteiger partial charge in [0.05, 0.1) is 23.8 Å². The molecule has 0 aliphatic heterocycles. The fourth-order valence-electron chi connectivity index (χ4n) is 1.77. The summed E-state index contributed by atoms with van der Waals surface area (Å²) in [6, 6.07) is 5.49. The summed E-state index contributed by atoms with van der Waals surface area (Å²) in [5, 5.41) is 9.14. The molecule has 0 saturated carbocycles. The largest absolute Gasteiger partial charge is 0.492 e. The van der Waals surface area contributed by atoms with Gasteiger partial charge in [0.2, 0.25) is 0 Å². The Morgan fingerprint density at radius 2 is 2.14 bits per heavy atom. The van der Waals surface area contributed by atoms with E-state index in [0.717, 1.165) is 0 Å². The standard InChI is InChI=1S/C16H18BrNO3/c1-5-21-14-8-11(7-13(17)16(14)20-4)6-12(9-18)15(19)10(2)3/h6-8,10H,5H2,1-4H3/b12-6-. The number of ketones is 1. The molecular weight excluding hydrogens is 334 g/mol. The van der Waals surface area contributed by atoms with Crippen LogP contribution in [-0.4, -0.2) is 19.5 Å². The Kier molecular flexibility index (Phi) is 6.44. The number of methoxy groups -OCH3 is 1. The Hall–Kier alpha value is -1.80. The topological polar surface area (TPSA) is 59.3 Å². The van der Waals surface area contributed by atoms with E-state index < -0.39 is 0 Å². The molecule has 0 fully saturated rings. The molecule has 1 aromatic rings. The Morgan fingerprint density at radius 1 is 1.48 bits per heavy atom. The van der Waals surface area contributed by atoms with Crippen molar-refractivity contribution in [3.63, 3.8) is 0 Å². The highest BCUT2D eigenvalue weighted by Crippen LogP contribution is 2.37. The van der Waals surface area contributed by atoms with Crippen LogP contribution < -0.4 is 9.47 Å². The third-order valence-corrected chi connectivity index (χ3v) is 3.35. The highest BCUT2D eigenvalue weighted by atomic mass is 79.9. The minimum Gasteiger partial charge on any atom is -0.492 e. The summed E-state index contributed by atoms with van der Waals surface area (Å²) in [6.07, 6.45) is 1.56. The summed E-state index contributed by atoms with van der Waals surface area (Å²) in [5.74, 6) is 0.754. The van der Waals surface area contributed by atoms with Crippen molar-refractivity contribution >= 4 is 27.8 Å². The molecule has 0 spiro atoms. The van der Waals surface area contributed by atoms with Gasteiger partial charge in [-0.2, -0.15) is 5.26 Å². The van der Waals surface area contributed by atoms with Gasteiger partial charge in [-0.25, -0.2) is 0 Å². The Morgan fingerprint density at radius 3 is 2.62 bits per heavy atom. The summed E-state index contributed by atoms with van der Waals surface area (Å²) in [5.41, 5.74) is 0.834. The number of carbonyl (C=O) groups is 1. The molecule has 0 amide bonds. The zero-order valence-corrected chi connectivity index (χ0v) is 14.2. The molecule has 0 radical (unpaired) electrons. The SMILES string of the molecule is CCOc1cc(/C=C(/C#N)C(=O)C(C)C)cc(Br)c1OC. The third kappa shape index (κ3) is 4.33. The summed E-state index contributed by atoms with van der Waals surface area (Å²) in [6.45, 7) is 5.90. The summed E-state index contributed by atoms with van der Waals surface area (Å²) >= 11 is 3.40. The van der Waals surface area contributed by atoms with Gasteiger partial charge >= 0.3 is 0 Å². The normalized spacial score (nSPS) is 11.2. The number of Topliss-reactive ketones (excluding diaryl/α,β-unsaturated/α-hetero) is 1. The minimum absolute atomic E-state index is 0.129. The Balaban J connectivity index is 3.31. The van der Waals surface area contributed by atoms with Gasteiger partial charge < -0.3 is 9.47 Å². The number of allylic oxidation sites excluding steroid dienone is 1. The third-order valence-electron chi connectivity index (χ3n) is 2.76. The predicted molar refractivity (Wildman–Crippen MR) is 85.3 cm³/mol. The number of nitriles is 1. The minimum atomic E-state index is -0.219. The first-order chi connectivity index (χ1) is 9.94. The van der Waals surface area contributed by atoms with Crippen molar-refractivity contribution in [1.29, 1.82) is 5.26 Å². The van der Waals surface area contributed by atoms with Crippen LogP contribution in [0.1, 0.15) is 26.3 Å². The van der Waals surface area contributed by atoms with E-state index in [2.05, 4.69) is 15.9 Å². The monoisotopic (exact) mass is 351 g/mol. The number of nitrogens with zero attached hydrogens (tertiary/aromatic N) is 1. The van der Waals surface area contributed by atoms with Crippen molar-refractivity contribution in [2.75, 3.05) is 13.7 Å². The van der Waals surface area contributed by atoms with Gasteiger partial charge in [0, 0.05) is 5.92 Å². The number of benzene rings is 1. The maximum absolute atomic E-state index is 11.9. The highest BCUT2D eigenvalue weighted by molar-refractivity contribution is 9.10. The average Bonchev–Trinajstić information content (AvgIpc) is 2.44. The first kappa shape index (κ1) is 17.3. The summed E-state index contributed by atoms with van der Waals surface area (Å²) in [4.78, 5) is 11.9. The van der Waals surface area contributed by atoms with Crippen molar-refractivity contribution in [2.24, 2.45) is 5.92 Å². The van der Waals surface area contributed by atoms with Crippen LogP contribution in [0, 0.1) is 17.2 Å². The molecule has 112 valence electrons. The molecule has 4 nitrogen and oxygen atoms in total. The Bertz CT molecular complexity index is 600. The van der Waals surface area contributed by atoms with Crippen LogP contribution in [0.2, 0.25) is 0 Å². The lowest BCUT2D eigenvalue weighted by Gasteiger charge is -2.12. The quantitative estimate of drug-likeness (QED) is 0.574. The van der Waals surface area contributed by atoms with Gasteiger partial charge in [0.15, 0.2) is 17.3 Å². The molecule has 0 unspecified atom stereocenters. The number of ether oxygens (including phenoxy) is 2. The first-order valence-electron chi connectivity index (χ1n) is 6.60. The van der Waals surface area contributed by atoms with E-state index in [4.69, 9.17) is 14.7 Å². The molecule has 0 saturated heterocycles. The van der Waals surface area contributed by atoms with Gasteiger partial charge in [-0.05, 0) is 46.6 Å². The van der Waals surface area contributed by atoms with E-state index in [9.17, 15) is 4.79 Å². The second-order valence-corrected chi connectivity index (χ2v) is 5.51. The van der Waals surface area contributed by atoms with Crippen molar-refractivity contribution in [2.45, 2.75) is 20.8 Å². The summed E-state index contributed by atoms with van der Waals surface area (Å²) in [7, 11) is 1.56. The first-order valence-corrected chi connectivity index (χ1v) is 7.40. The van der Waals surface area contributed by atoms with Crippen LogP contribution in [0.25, 0.3) is 6.08 Å². The maximum atomic E-state index is 11.9. The van der Waals surface area contributed by atoms with Crippen LogP contribution in [0.5, 0.6) is 11.5 Å². The number of carbonyl (C=O) groups excluding carboxylic acids is 1. The van der Waals surface area contributed by atoms with Gasteiger partial charge in [0.25, 0.3) is 0 Å². The van der Waals surface area contributed by atoms with E-state index in [1.807, 2.05) is 13.0 Å². The van der Waals surface area contributed by atoms with Crippen molar-refractivity contribution < 1.29 is 14.3 Å². The molecule has 0 N–H and O–H groups in total. The van der Waals surface area contributed by atoms with E-state index in [1.165, 1.54) is 0 Å². The number of halogens is 1. The van der Waals surface area contributed by atoms with Crippen molar-refractivity contribution in [3.05, 3.63) is 27.7 Å². The second kappa shape index (κ2) is 7.84. The lowest BCUT2D eigenvalue weighted by Crippen LogP contribution is -2.08. The van der Waals surface area contributed by atoms with Crippen LogP contribution in [0.15, 0.2) is 22.2 Å². The smallest absolute Gasteiger partial charge is 0.175 e. The number of hydrogen-bond donors (Lipinski definition) is 0. The molecule has 0 heterocycles. The summed E-state index contributed by atoms with van der Waals surface area (Å²) < 4.78 is 11.5. The van der Waals surface area contributed by atoms with Crippen molar-refractivity contribution in [3.8, 4) is 17.6 Å². The molecule has 0 aliphatic carbocycles. The average molecular weight is 352 g/mol. The molecule has 1 rings (SSSR count). The van der Waals surface area contributed by atoms with Crippen LogP contribution in [0.4, 0.5) is 0 Å². The van der Waals surface area contributed by atoms with Crippen LogP contribution in [-0.2, 0) is 4.79 Å². The van der Waals surface area contributed by atoms with Gasteiger partial charge in [-0.1, -0.05) is 13.8 Å². The van der Waals surface area contributed by atoms with Gasteiger partial charge in [0.1, 0.15) is 6.07 Å². The van der Waals surface area contributed by atoms with Crippen LogP contribution >= 0.6 is 15.9 Å². The van der Waals surface area contributed by atoms with Crippen LogP contribution in [0.3, 0.4) is 0 Å². The second-order valence-electron chi connectivity index (χ2n) is 4.66. The lowest BCUT2D eigenvalue weighted by molar-refractivity contribution is -0.117. The molecule has 0 aliphatic rings. The fraction of sp³-hybridized carbons (Fsp3) is 0.375. The van der Waals surface area contributed by atoms with Gasteiger partial charge in [-0.15, -0.1) is 0 Å². The van der Waals surface area contributed by atoms with E-state index >= 15 is 0 Å². The maximum Gasteiger partial charge on any atom is 0.175 e. The molecule has 21 heavy (non-hydrogen) atoms. The van der Waals surface area contributed by atoms with E-state index in [0.29, 0.717) is 28.1 Å². The van der Waals surface area contributed by atoms with Gasteiger partial charge in [-0.3, -0.25) is 4.79 Å². The van der Waals surface area contributed by atoms with E-state index in [-0.39, 0.29) is 17.3 Å². The Labute approximate surface area is 133 Å². The molecule has 1 aromatic carbocycles. The predicted octanol–water partition coefficient (Wildman–Crippen LogP) is 3.99. The molecule has 5 heteroatoms. The zero-order valence-electron chi connectivity index (χ0n) is 12.6. The molecule has 0 bridgehead atoms. The lowest BCUT2D eigenvalue weighted by atomic mass is 10.00. The molecule has 0 aromatic heterocycles. The van der Waals surface area contributed by atoms with Crippen molar-refractivity contribution in [1.82, 2.24) is 0 Å². The highest BCUT2D eigenvalue weighted by Gasteiger charge is 2.15. The number of rotatable bonds is 6. The fourth-order valence-corrected chi connectivity index (χ4v) is 2.39. The molecule has 0 atom stereocenters. The van der Waals surface area contributed by atoms with E-state index in [1.54, 1.807) is 39.2 Å². The number of hydrogen-bond acceptors (Lipinski definition) is 4. The zero-order chi connectivity index (χ0) is 16.0.